The highest BCUT2D eigenvalue weighted by molar-refractivity contribution is 5.50. The van der Waals surface area contributed by atoms with Crippen molar-refractivity contribution in [1.29, 1.82) is 0 Å². The lowest BCUT2D eigenvalue weighted by Crippen LogP contribution is -2.19. The van der Waals surface area contributed by atoms with Crippen molar-refractivity contribution in [2.75, 3.05) is 0 Å². The van der Waals surface area contributed by atoms with Gasteiger partial charge in [-0.1, -0.05) is 13.8 Å². The minimum Gasteiger partial charge on any atom is -0.303 e. The molecule has 0 heterocycles. The Kier molecular flexibility index (Phi) is 1.78. The van der Waals surface area contributed by atoms with Gasteiger partial charge in [-0.05, 0) is 42.4 Å². The molecule has 0 spiro atoms. The summed E-state index contributed by atoms with van der Waals surface area (Å²) in [4.78, 5) is 10.4. The molecule has 3 atom stereocenters. The van der Waals surface area contributed by atoms with Gasteiger partial charge in [-0.3, -0.25) is 0 Å². The van der Waals surface area contributed by atoms with Gasteiger partial charge in [-0.2, -0.15) is 0 Å². The fraction of sp³-hybridized carbons (Fsp3) is 0.909. The molecule has 2 fully saturated rings. The molecule has 0 saturated heterocycles. The molecule has 1 heteroatoms. The number of hydrogen-bond donors (Lipinski definition) is 0. The maximum atomic E-state index is 10.4. The third kappa shape index (κ3) is 0.949. The topological polar surface area (TPSA) is 17.1 Å². The van der Waals surface area contributed by atoms with Crippen LogP contribution in [0.5, 0.6) is 0 Å². The van der Waals surface area contributed by atoms with Gasteiger partial charge in [0.1, 0.15) is 6.29 Å². The number of hydrogen-bond acceptors (Lipinski definition) is 1. The Labute approximate surface area is 74.5 Å². The van der Waals surface area contributed by atoms with Crippen LogP contribution in [0.1, 0.15) is 39.5 Å². The zero-order valence-corrected chi connectivity index (χ0v) is 8.05. The Morgan fingerprint density at radius 1 is 1.42 bits per heavy atom. The molecule has 0 N–H and O–H groups in total. The predicted octanol–water partition coefficient (Wildman–Crippen LogP) is 2.65. The van der Waals surface area contributed by atoms with Crippen molar-refractivity contribution in [2.24, 2.45) is 23.2 Å². The van der Waals surface area contributed by atoms with Crippen molar-refractivity contribution in [3.63, 3.8) is 0 Å². The third-order valence-electron chi connectivity index (χ3n) is 4.39. The van der Waals surface area contributed by atoms with Gasteiger partial charge in [0.15, 0.2) is 0 Å². The molecule has 68 valence electrons. The quantitative estimate of drug-likeness (QED) is 0.576. The second kappa shape index (κ2) is 2.58. The first kappa shape index (κ1) is 8.28. The summed E-state index contributed by atoms with van der Waals surface area (Å²) in [5.74, 6) is 2.47. The standard InChI is InChI=1S/C11H18O/c1-11(2)9-3-4-10(11)8(7-9)5-6-12/h6,8-10H,3-5,7H2,1-2H3/t8-,9+,10-/m1/s1. The molecule has 2 aliphatic rings. The summed E-state index contributed by atoms with van der Waals surface area (Å²) in [7, 11) is 0. The fourth-order valence-corrected chi connectivity index (χ4v) is 3.61. The maximum absolute atomic E-state index is 10.4. The highest BCUT2D eigenvalue weighted by Gasteiger charge is 2.52. The van der Waals surface area contributed by atoms with Crippen LogP contribution in [0.4, 0.5) is 0 Å². The summed E-state index contributed by atoms with van der Waals surface area (Å²) in [6, 6.07) is 0. The highest BCUT2D eigenvalue weighted by Crippen LogP contribution is 2.60. The Balaban J connectivity index is 2.13. The van der Waals surface area contributed by atoms with E-state index in [4.69, 9.17) is 0 Å². The first-order chi connectivity index (χ1) is 5.66. The van der Waals surface area contributed by atoms with Crippen LogP contribution in [0, 0.1) is 23.2 Å². The van der Waals surface area contributed by atoms with Crippen LogP contribution < -0.4 is 0 Å². The van der Waals surface area contributed by atoms with Gasteiger partial charge < -0.3 is 4.79 Å². The van der Waals surface area contributed by atoms with Crippen molar-refractivity contribution < 1.29 is 4.79 Å². The molecule has 2 rings (SSSR count). The van der Waals surface area contributed by atoms with Crippen LogP contribution in [0.3, 0.4) is 0 Å². The van der Waals surface area contributed by atoms with E-state index in [0.29, 0.717) is 5.41 Å². The molecule has 0 radical (unpaired) electrons. The molecule has 2 saturated carbocycles. The van der Waals surface area contributed by atoms with E-state index >= 15 is 0 Å². The van der Waals surface area contributed by atoms with E-state index in [1.54, 1.807) is 0 Å². The van der Waals surface area contributed by atoms with Crippen molar-refractivity contribution in [3.05, 3.63) is 0 Å². The second-order valence-electron chi connectivity index (χ2n) is 5.10. The average molecular weight is 166 g/mol. The van der Waals surface area contributed by atoms with E-state index in [1.807, 2.05) is 0 Å². The molecule has 12 heavy (non-hydrogen) atoms. The number of fused-ring (bicyclic) bond motifs is 2. The molecular formula is C11H18O. The average Bonchev–Trinajstić information content (AvgIpc) is 2.41. The Morgan fingerprint density at radius 2 is 2.17 bits per heavy atom. The van der Waals surface area contributed by atoms with Crippen LogP contribution in [-0.2, 0) is 4.79 Å². The molecule has 0 aromatic rings. The minimum atomic E-state index is 0.535. The molecule has 0 aliphatic heterocycles. The molecule has 0 aromatic carbocycles. The molecule has 1 nitrogen and oxygen atoms in total. The molecule has 0 unspecified atom stereocenters. The van der Waals surface area contributed by atoms with E-state index in [0.717, 1.165) is 30.5 Å². The smallest absolute Gasteiger partial charge is 0.120 e. The van der Waals surface area contributed by atoms with Crippen LogP contribution in [0.25, 0.3) is 0 Å². The molecule has 0 amide bonds. The van der Waals surface area contributed by atoms with Crippen molar-refractivity contribution in [1.82, 2.24) is 0 Å². The van der Waals surface area contributed by atoms with Gasteiger partial charge in [0, 0.05) is 6.42 Å². The van der Waals surface area contributed by atoms with Crippen LogP contribution in [-0.4, -0.2) is 6.29 Å². The number of carbonyl (C=O) groups is 1. The van der Waals surface area contributed by atoms with E-state index in [9.17, 15) is 4.79 Å². The summed E-state index contributed by atoms with van der Waals surface area (Å²) >= 11 is 0. The largest absolute Gasteiger partial charge is 0.303 e. The van der Waals surface area contributed by atoms with Crippen molar-refractivity contribution >= 4 is 6.29 Å². The van der Waals surface area contributed by atoms with Gasteiger partial charge in [-0.25, -0.2) is 0 Å². The van der Waals surface area contributed by atoms with Gasteiger partial charge in [0.05, 0.1) is 0 Å². The van der Waals surface area contributed by atoms with Crippen molar-refractivity contribution in [3.8, 4) is 0 Å². The van der Waals surface area contributed by atoms with E-state index in [1.165, 1.54) is 19.3 Å². The van der Waals surface area contributed by atoms with Crippen LogP contribution in [0.2, 0.25) is 0 Å². The molecular weight excluding hydrogens is 148 g/mol. The summed E-state index contributed by atoms with van der Waals surface area (Å²) in [6.45, 7) is 4.78. The Morgan fingerprint density at radius 3 is 2.58 bits per heavy atom. The van der Waals surface area contributed by atoms with Gasteiger partial charge >= 0.3 is 0 Å². The number of carbonyl (C=O) groups excluding carboxylic acids is 1. The highest BCUT2D eigenvalue weighted by atomic mass is 16.1. The lowest BCUT2D eigenvalue weighted by molar-refractivity contribution is -0.109. The number of aldehydes is 1. The SMILES string of the molecule is CC1(C)[C@H]2CC[C@@H]1[C@H](CC=O)C2. The Bertz CT molecular complexity index is 195. The lowest BCUT2D eigenvalue weighted by Gasteiger charge is -2.25. The minimum absolute atomic E-state index is 0.535. The van der Waals surface area contributed by atoms with Crippen molar-refractivity contribution in [2.45, 2.75) is 39.5 Å². The monoisotopic (exact) mass is 166 g/mol. The summed E-state index contributed by atoms with van der Waals surface area (Å²) in [5.41, 5.74) is 0.535. The molecule has 2 bridgehead atoms. The van der Waals surface area contributed by atoms with E-state index < -0.39 is 0 Å². The zero-order chi connectivity index (χ0) is 8.77. The first-order valence-corrected chi connectivity index (χ1v) is 5.10. The van der Waals surface area contributed by atoms with E-state index in [2.05, 4.69) is 13.8 Å². The fourth-order valence-electron chi connectivity index (χ4n) is 3.61. The number of rotatable bonds is 2. The second-order valence-corrected chi connectivity index (χ2v) is 5.10. The predicted molar refractivity (Wildman–Crippen MR) is 48.8 cm³/mol. The molecule has 0 aromatic heterocycles. The normalized spacial score (nSPS) is 43.3. The summed E-state index contributed by atoms with van der Waals surface area (Å²) in [5, 5.41) is 0. The molecule has 2 aliphatic carbocycles. The van der Waals surface area contributed by atoms with Gasteiger partial charge in [0.2, 0.25) is 0 Å². The van der Waals surface area contributed by atoms with Crippen LogP contribution in [0.15, 0.2) is 0 Å². The van der Waals surface area contributed by atoms with E-state index in [-0.39, 0.29) is 0 Å². The third-order valence-corrected chi connectivity index (χ3v) is 4.39. The summed E-state index contributed by atoms with van der Waals surface area (Å²) in [6.07, 6.45) is 6.02. The lowest BCUT2D eigenvalue weighted by atomic mass is 9.79. The van der Waals surface area contributed by atoms with Crippen LogP contribution >= 0.6 is 0 Å². The Hall–Kier alpha value is -0.330. The summed E-state index contributed by atoms with van der Waals surface area (Å²) < 4.78 is 0. The first-order valence-electron chi connectivity index (χ1n) is 5.10. The zero-order valence-electron chi connectivity index (χ0n) is 8.05. The van der Waals surface area contributed by atoms with Gasteiger partial charge in [0.25, 0.3) is 0 Å². The van der Waals surface area contributed by atoms with Gasteiger partial charge in [-0.15, -0.1) is 0 Å². The maximum Gasteiger partial charge on any atom is 0.120 e.